The van der Waals surface area contributed by atoms with Gasteiger partial charge in [-0.3, -0.25) is 10.1 Å². The summed E-state index contributed by atoms with van der Waals surface area (Å²) in [4.78, 5) is 12.4. The summed E-state index contributed by atoms with van der Waals surface area (Å²) < 4.78 is 10.3. The number of halogens is 2. The van der Waals surface area contributed by atoms with Crippen LogP contribution in [0.2, 0.25) is 10.0 Å². The van der Waals surface area contributed by atoms with Crippen LogP contribution < -0.4 is 20.1 Å². The number of ether oxygens (including phenoxy) is 2. The summed E-state index contributed by atoms with van der Waals surface area (Å²) >= 11 is 17.1. The Morgan fingerprint density at radius 3 is 2.54 bits per heavy atom. The van der Waals surface area contributed by atoms with Crippen molar-refractivity contribution in [3.8, 4) is 11.5 Å². The number of benzene rings is 2. The van der Waals surface area contributed by atoms with E-state index in [9.17, 15) is 4.79 Å². The molecule has 1 amide bonds. The van der Waals surface area contributed by atoms with E-state index in [1.807, 2.05) is 0 Å². The van der Waals surface area contributed by atoms with Crippen LogP contribution in [0.1, 0.15) is 10.4 Å². The molecular formula is C16H14Cl2N2O3S. The number of anilines is 1. The molecule has 0 saturated carbocycles. The fourth-order valence-corrected chi connectivity index (χ4v) is 2.46. The minimum atomic E-state index is -0.426. The number of nitrogens with one attached hydrogen (secondary N) is 2. The van der Waals surface area contributed by atoms with E-state index < -0.39 is 5.91 Å². The second-order valence-electron chi connectivity index (χ2n) is 4.58. The summed E-state index contributed by atoms with van der Waals surface area (Å²) in [5.74, 6) is 0.524. The summed E-state index contributed by atoms with van der Waals surface area (Å²) in [5, 5.41) is 6.18. The Balaban J connectivity index is 2.12. The zero-order valence-electron chi connectivity index (χ0n) is 12.9. The Morgan fingerprint density at radius 1 is 1.12 bits per heavy atom. The van der Waals surface area contributed by atoms with Crippen molar-refractivity contribution in [3.05, 3.63) is 52.0 Å². The van der Waals surface area contributed by atoms with Gasteiger partial charge in [0.15, 0.2) is 5.11 Å². The highest BCUT2D eigenvalue weighted by atomic mass is 35.5. The summed E-state index contributed by atoms with van der Waals surface area (Å²) in [5.41, 5.74) is 0.816. The quantitative estimate of drug-likeness (QED) is 0.775. The van der Waals surface area contributed by atoms with Gasteiger partial charge in [0.25, 0.3) is 5.91 Å². The molecular weight excluding hydrogens is 371 g/mol. The number of thiocarbonyl (C=S) groups is 1. The molecule has 8 heteroatoms. The van der Waals surface area contributed by atoms with Crippen molar-refractivity contribution in [2.24, 2.45) is 0 Å². The average Bonchev–Trinajstić information content (AvgIpc) is 2.58. The van der Waals surface area contributed by atoms with E-state index in [1.165, 1.54) is 14.2 Å². The normalized spacial score (nSPS) is 10.0. The topological polar surface area (TPSA) is 59.6 Å². The number of hydrogen-bond donors (Lipinski definition) is 2. The zero-order valence-corrected chi connectivity index (χ0v) is 15.2. The number of carbonyl (C=O) groups excluding carboxylic acids is 1. The molecule has 2 aromatic rings. The van der Waals surface area contributed by atoms with Gasteiger partial charge in [0.05, 0.1) is 35.5 Å². The predicted molar refractivity (Wildman–Crippen MR) is 99.7 cm³/mol. The molecule has 0 radical (unpaired) electrons. The molecule has 0 bridgehead atoms. The van der Waals surface area contributed by atoms with Crippen molar-refractivity contribution in [1.82, 2.24) is 5.32 Å². The number of hydrogen-bond acceptors (Lipinski definition) is 4. The number of methoxy groups -OCH3 is 2. The van der Waals surface area contributed by atoms with Crippen molar-refractivity contribution in [2.45, 2.75) is 0 Å². The van der Waals surface area contributed by atoms with Gasteiger partial charge in [0.2, 0.25) is 0 Å². The Hall–Kier alpha value is -2.02. The van der Waals surface area contributed by atoms with Crippen LogP contribution in [0.25, 0.3) is 0 Å². The van der Waals surface area contributed by atoms with Crippen LogP contribution in [0.15, 0.2) is 36.4 Å². The van der Waals surface area contributed by atoms with Crippen LogP contribution in [0.5, 0.6) is 11.5 Å². The van der Waals surface area contributed by atoms with Crippen LogP contribution in [-0.4, -0.2) is 25.2 Å². The van der Waals surface area contributed by atoms with Gasteiger partial charge in [-0.2, -0.15) is 0 Å². The molecule has 126 valence electrons. The van der Waals surface area contributed by atoms with Crippen LogP contribution >= 0.6 is 35.4 Å². The maximum atomic E-state index is 12.4. The molecule has 0 fully saturated rings. The van der Waals surface area contributed by atoms with E-state index in [0.29, 0.717) is 32.8 Å². The maximum absolute atomic E-state index is 12.4. The number of amides is 1. The third kappa shape index (κ3) is 4.29. The lowest BCUT2D eigenvalue weighted by Gasteiger charge is -2.13. The summed E-state index contributed by atoms with van der Waals surface area (Å²) in [7, 11) is 3.00. The number of carbonyl (C=O) groups is 1. The zero-order chi connectivity index (χ0) is 17.7. The van der Waals surface area contributed by atoms with Crippen molar-refractivity contribution in [3.63, 3.8) is 0 Å². The van der Waals surface area contributed by atoms with Gasteiger partial charge in [0.1, 0.15) is 11.5 Å². The minimum absolute atomic E-state index is 0.0852. The molecule has 0 aliphatic heterocycles. The fourth-order valence-electron chi connectivity index (χ4n) is 1.91. The fraction of sp³-hybridized carbons (Fsp3) is 0.125. The standard InChI is InChI=1S/C16H14Cl2N2O3S/c1-22-9-6-7-10(13(8-9)23-2)15(21)20-16(24)19-12-5-3-4-11(17)14(12)18/h3-8H,1-2H3,(H2,19,20,21,24). The molecule has 0 aliphatic rings. The highest BCUT2D eigenvalue weighted by molar-refractivity contribution is 7.80. The molecule has 0 spiro atoms. The first-order chi connectivity index (χ1) is 11.5. The van der Waals surface area contributed by atoms with Crippen molar-refractivity contribution < 1.29 is 14.3 Å². The monoisotopic (exact) mass is 384 g/mol. The Bertz CT molecular complexity index is 784. The molecule has 0 aromatic heterocycles. The Morgan fingerprint density at radius 2 is 1.88 bits per heavy atom. The molecule has 0 heterocycles. The Labute approximate surface area is 154 Å². The Kier molecular flexibility index (Phi) is 6.25. The van der Waals surface area contributed by atoms with Crippen LogP contribution in [0, 0.1) is 0 Å². The van der Waals surface area contributed by atoms with Gasteiger partial charge in [-0.05, 0) is 36.5 Å². The smallest absolute Gasteiger partial charge is 0.261 e. The highest BCUT2D eigenvalue weighted by Gasteiger charge is 2.15. The lowest BCUT2D eigenvalue weighted by atomic mass is 10.2. The summed E-state index contributed by atoms with van der Waals surface area (Å²) in [6.45, 7) is 0. The largest absolute Gasteiger partial charge is 0.497 e. The molecule has 0 atom stereocenters. The van der Waals surface area contributed by atoms with Gasteiger partial charge in [-0.25, -0.2) is 0 Å². The molecule has 2 rings (SSSR count). The van der Waals surface area contributed by atoms with Gasteiger partial charge in [-0.15, -0.1) is 0 Å². The first-order valence-corrected chi connectivity index (χ1v) is 7.91. The molecule has 0 aliphatic carbocycles. The average molecular weight is 385 g/mol. The van der Waals surface area contributed by atoms with Crippen molar-refractivity contribution in [2.75, 3.05) is 19.5 Å². The van der Waals surface area contributed by atoms with Gasteiger partial charge < -0.3 is 14.8 Å². The lowest BCUT2D eigenvalue weighted by molar-refractivity contribution is 0.0974. The van der Waals surface area contributed by atoms with E-state index >= 15 is 0 Å². The summed E-state index contributed by atoms with van der Waals surface area (Å²) in [6.07, 6.45) is 0. The van der Waals surface area contributed by atoms with Crippen molar-refractivity contribution in [1.29, 1.82) is 0 Å². The highest BCUT2D eigenvalue weighted by Crippen LogP contribution is 2.29. The molecule has 5 nitrogen and oxygen atoms in total. The molecule has 2 N–H and O–H groups in total. The SMILES string of the molecule is COc1ccc(C(=O)NC(=S)Nc2cccc(Cl)c2Cl)c(OC)c1. The summed E-state index contributed by atoms with van der Waals surface area (Å²) in [6, 6.07) is 9.91. The maximum Gasteiger partial charge on any atom is 0.261 e. The van der Waals surface area contributed by atoms with E-state index in [-0.39, 0.29) is 5.11 Å². The molecule has 24 heavy (non-hydrogen) atoms. The van der Waals surface area contributed by atoms with E-state index in [2.05, 4.69) is 10.6 Å². The number of rotatable bonds is 4. The van der Waals surface area contributed by atoms with Gasteiger partial charge in [0, 0.05) is 6.07 Å². The van der Waals surface area contributed by atoms with Crippen LogP contribution in [0.3, 0.4) is 0 Å². The van der Waals surface area contributed by atoms with Gasteiger partial charge >= 0.3 is 0 Å². The van der Waals surface area contributed by atoms with E-state index in [1.54, 1.807) is 36.4 Å². The first-order valence-electron chi connectivity index (χ1n) is 6.74. The van der Waals surface area contributed by atoms with E-state index in [0.717, 1.165) is 0 Å². The van der Waals surface area contributed by atoms with E-state index in [4.69, 9.17) is 44.9 Å². The van der Waals surface area contributed by atoms with Crippen LogP contribution in [-0.2, 0) is 0 Å². The lowest BCUT2D eigenvalue weighted by Crippen LogP contribution is -2.34. The second kappa shape index (κ2) is 8.19. The molecule has 0 unspecified atom stereocenters. The van der Waals surface area contributed by atoms with Crippen LogP contribution in [0.4, 0.5) is 5.69 Å². The predicted octanol–water partition coefficient (Wildman–Crippen LogP) is 4.14. The first kappa shape index (κ1) is 18.3. The third-order valence-electron chi connectivity index (χ3n) is 3.08. The second-order valence-corrected chi connectivity index (χ2v) is 5.77. The van der Waals surface area contributed by atoms with Crippen molar-refractivity contribution >= 4 is 52.1 Å². The molecule has 0 saturated heterocycles. The molecule has 2 aromatic carbocycles. The third-order valence-corrected chi connectivity index (χ3v) is 4.10. The minimum Gasteiger partial charge on any atom is -0.497 e. The van der Waals surface area contributed by atoms with Gasteiger partial charge in [-0.1, -0.05) is 29.3 Å².